The molecule has 0 amide bonds. The van der Waals surface area contributed by atoms with Crippen molar-refractivity contribution in [3.8, 4) is 17.2 Å². The van der Waals surface area contributed by atoms with Gasteiger partial charge in [0.2, 0.25) is 12.7 Å². The average molecular weight is 426 g/mol. The van der Waals surface area contributed by atoms with Crippen molar-refractivity contribution >= 4 is 12.2 Å². The standard InChI is InChI=1S/C22H23N3O4S/c1-26-17-7-4-15(5-8-17)11-21-23-25(22(30)29-21)13-24-10-2-3-18(24)16-6-9-19-20(12-16)28-14-27-19/h4-9,12,18H,2-3,10-11,13-14H2,1H3. The van der Waals surface area contributed by atoms with Gasteiger partial charge in [-0.2, -0.15) is 0 Å². The van der Waals surface area contributed by atoms with E-state index in [4.69, 9.17) is 30.8 Å². The van der Waals surface area contributed by atoms with Gasteiger partial charge in [-0.1, -0.05) is 18.2 Å². The van der Waals surface area contributed by atoms with Crippen molar-refractivity contribution < 1.29 is 18.6 Å². The van der Waals surface area contributed by atoms with Crippen LogP contribution in [0.25, 0.3) is 0 Å². The molecule has 0 radical (unpaired) electrons. The molecule has 1 unspecified atom stereocenters. The summed E-state index contributed by atoms with van der Waals surface area (Å²) < 4.78 is 23.7. The summed E-state index contributed by atoms with van der Waals surface area (Å²) in [5.41, 5.74) is 2.32. The van der Waals surface area contributed by atoms with E-state index in [-0.39, 0.29) is 6.79 Å². The molecule has 0 N–H and O–H groups in total. The minimum Gasteiger partial charge on any atom is -0.497 e. The first-order valence-corrected chi connectivity index (χ1v) is 10.4. The number of hydrogen-bond donors (Lipinski definition) is 0. The molecule has 5 rings (SSSR count). The maximum atomic E-state index is 5.76. The molecule has 0 bridgehead atoms. The molecule has 0 saturated carbocycles. The molecule has 1 aromatic heterocycles. The number of rotatable bonds is 6. The highest BCUT2D eigenvalue weighted by Gasteiger charge is 2.28. The zero-order chi connectivity index (χ0) is 20.5. The van der Waals surface area contributed by atoms with Crippen LogP contribution in [0, 0.1) is 4.84 Å². The van der Waals surface area contributed by atoms with Crippen LogP contribution in [-0.4, -0.2) is 35.1 Å². The molecule has 1 saturated heterocycles. The molecule has 156 valence electrons. The number of benzene rings is 2. The highest BCUT2D eigenvalue weighted by atomic mass is 32.1. The highest BCUT2D eigenvalue weighted by Crippen LogP contribution is 2.39. The fraction of sp³-hybridized carbons (Fsp3) is 0.364. The zero-order valence-electron chi connectivity index (χ0n) is 16.7. The Bertz CT molecular complexity index is 1090. The van der Waals surface area contributed by atoms with Gasteiger partial charge in [0.25, 0.3) is 4.84 Å². The van der Waals surface area contributed by atoms with E-state index in [2.05, 4.69) is 22.1 Å². The number of methoxy groups -OCH3 is 1. The lowest BCUT2D eigenvalue weighted by molar-refractivity contribution is 0.173. The van der Waals surface area contributed by atoms with E-state index in [0.29, 0.717) is 29.9 Å². The highest BCUT2D eigenvalue weighted by molar-refractivity contribution is 7.71. The van der Waals surface area contributed by atoms with Gasteiger partial charge in [0.15, 0.2) is 11.5 Å². The van der Waals surface area contributed by atoms with E-state index >= 15 is 0 Å². The third-order valence-electron chi connectivity index (χ3n) is 5.62. The average Bonchev–Trinajstić information content (AvgIpc) is 3.49. The summed E-state index contributed by atoms with van der Waals surface area (Å²) in [6, 6.07) is 14.4. The Labute approximate surface area is 179 Å². The van der Waals surface area contributed by atoms with Crippen LogP contribution in [0.3, 0.4) is 0 Å². The van der Waals surface area contributed by atoms with Gasteiger partial charge in [0.1, 0.15) is 5.75 Å². The number of fused-ring (bicyclic) bond motifs is 1. The number of ether oxygens (including phenoxy) is 3. The minimum absolute atomic E-state index is 0.290. The number of likely N-dealkylation sites (tertiary alicyclic amines) is 1. The molecule has 0 aliphatic carbocycles. The van der Waals surface area contributed by atoms with Gasteiger partial charge < -0.3 is 18.6 Å². The molecular formula is C22H23N3O4S. The lowest BCUT2D eigenvalue weighted by atomic mass is 10.0. The second-order valence-corrected chi connectivity index (χ2v) is 7.86. The van der Waals surface area contributed by atoms with E-state index in [1.54, 1.807) is 11.8 Å². The van der Waals surface area contributed by atoms with Crippen LogP contribution >= 0.6 is 12.2 Å². The van der Waals surface area contributed by atoms with Crippen molar-refractivity contribution in [3.05, 3.63) is 64.3 Å². The van der Waals surface area contributed by atoms with Gasteiger partial charge in [-0.05, 0) is 60.5 Å². The van der Waals surface area contributed by atoms with Gasteiger partial charge in [0.05, 0.1) is 20.2 Å². The largest absolute Gasteiger partial charge is 0.497 e. The van der Waals surface area contributed by atoms with Gasteiger partial charge in [-0.15, -0.1) is 5.10 Å². The summed E-state index contributed by atoms with van der Waals surface area (Å²) in [7, 11) is 1.66. The summed E-state index contributed by atoms with van der Waals surface area (Å²) in [5, 5.41) is 4.63. The first-order chi connectivity index (χ1) is 14.7. The normalized spacial score (nSPS) is 18.1. The van der Waals surface area contributed by atoms with Gasteiger partial charge in [-0.3, -0.25) is 4.90 Å². The molecule has 30 heavy (non-hydrogen) atoms. The molecule has 1 fully saturated rings. The SMILES string of the molecule is COc1ccc(Cc2nn(CN3CCCC3c3ccc4c(c3)OCO4)c(=S)o2)cc1. The fourth-order valence-corrected chi connectivity index (χ4v) is 4.29. The molecule has 7 nitrogen and oxygen atoms in total. The van der Waals surface area contributed by atoms with Crippen LogP contribution in [-0.2, 0) is 13.1 Å². The van der Waals surface area contributed by atoms with E-state index < -0.39 is 0 Å². The van der Waals surface area contributed by atoms with Crippen molar-refractivity contribution in [1.29, 1.82) is 0 Å². The zero-order valence-corrected chi connectivity index (χ0v) is 17.6. The molecule has 8 heteroatoms. The number of nitrogens with zero attached hydrogens (tertiary/aromatic N) is 3. The molecular weight excluding hydrogens is 402 g/mol. The van der Waals surface area contributed by atoms with Crippen LogP contribution < -0.4 is 14.2 Å². The lowest BCUT2D eigenvalue weighted by Gasteiger charge is -2.24. The van der Waals surface area contributed by atoms with Crippen LogP contribution in [0.1, 0.15) is 35.9 Å². The first kappa shape index (κ1) is 19.1. The molecule has 3 aromatic rings. The minimum atomic E-state index is 0.290. The third kappa shape index (κ3) is 3.80. The van der Waals surface area contributed by atoms with Crippen molar-refractivity contribution in [3.63, 3.8) is 0 Å². The lowest BCUT2D eigenvalue weighted by Crippen LogP contribution is -2.27. The second-order valence-electron chi connectivity index (χ2n) is 7.51. The smallest absolute Gasteiger partial charge is 0.288 e. The van der Waals surface area contributed by atoms with Gasteiger partial charge in [0, 0.05) is 12.6 Å². The molecule has 2 aliphatic heterocycles. The predicted octanol–water partition coefficient (Wildman–Crippen LogP) is 4.33. The van der Waals surface area contributed by atoms with E-state index in [9.17, 15) is 0 Å². The molecule has 1 atom stereocenters. The van der Waals surface area contributed by atoms with Crippen LogP contribution in [0.15, 0.2) is 46.9 Å². The Morgan fingerprint density at radius 2 is 1.97 bits per heavy atom. The molecule has 0 spiro atoms. The summed E-state index contributed by atoms with van der Waals surface area (Å²) in [6.45, 7) is 1.88. The van der Waals surface area contributed by atoms with Crippen LogP contribution in [0.4, 0.5) is 0 Å². The van der Waals surface area contributed by atoms with Crippen molar-refractivity contribution in [1.82, 2.24) is 14.7 Å². The van der Waals surface area contributed by atoms with Gasteiger partial charge >= 0.3 is 0 Å². The maximum Gasteiger partial charge on any atom is 0.288 e. The molecule has 3 heterocycles. The Hall–Kier alpha value is -2.84. The Morgan fingerprint density at radius 3 is 2.80 bits per heavy atom. The number of aromatic nitrogens is 2. The summed E-state index contributed by atoms with van der Waals surface area (Å²) in [6.07, 6.45) is 2.80. The fourth-order valence-electron chi connectivity index (χ4n) is 4.09. The van der Waals surface area contributed by atoms with Gasteiger partial charge in [-0.25, -0.2) is 4.68 Å². The number of hydrogen-bond acceptors (Lipinski definition) is 7. The van der Waals surface area contributed by atoms with E-state index in [0.717, 1.165) is 42.2 Å². The Balaban J connectivity index is 1.30. The van der Waals surface area contributed by atoms with Crippen molar-refractivity contribution in [2.24, 2.45) is 0 Å². The quantitative estimate of drug-likeness (QED) is 0.545. The Morgan fingerprint density at radius 1 is 1.13 bits per heavy atom. The van der Waals surface area contributed by atoms with Crippen molar-refractivity contribution in [2.75, 3.05) is 20.4 Å². The summed E-state index contributed by atoms with van der Waals surface area (Å²) in [4.78, 5) is 2.78. The maximum absolute atomic E-state index is 5.76. The van der Waals surface area contributed by atoms with Crippen LogP contribution in [0.2, 0.25) is 0 Å². The van der Waals surface area contributed by atoms with E-state index in [1.807, 2.05) is 30.3 Å². The second kappa shape index (κ2) is 8.12. The predicted molar refractivity (Wildman–Crippen MR) is 112 cm³/mol. The molecule has 2 aliphatic rings. The Kier molecular flexibility index (Phi) is 5.18. The third-order valence-corrected chi connectivity index (χ3v) is 5.92. The topological polar surface area (TPSA) is 61.9 Å². The summed E-state index contributed by atoms with van der Waals surface area (Å²) in [5.74, 6) is 3.07. The molecule has 2 aromatic carbocycles. The first-order valence-electron chi connectivity index (χ1n) is 10.0. The monoisotopic (exact) mass is 425 g/mol. The summed E-state index contributed by atoms with van der Waals surface area (Å²) >= 11 is 5.43. The van der Waals surface area contributed by atoms with Crippen molar-refractivity contribution in [2.45, 2.75) is 32.0 Å². The van der Waals surface area contributed by atoms with Crippen LogP contribution in [0.5, 0.6) is 17.2 Å². The van der Waals surface area contributed by atoms with E-state index in [1.165, 1.54) is 5.56 Å².